The van der Waals surface area contributed by atoms with E-state index in [0.717, 1.165) is 16.7 Å². The van der Waals surface area contributed by atoms with Crippen LogP contribution in [0.3, 0.4) is 0 Å². The molecule has 2 aliphatic heterocycles. The van der Waals surface area contributed by atoms with Gasteiger partial charge in [0.05, 0.1) is 18.6 Å². The molecule has 0 bridgehead atoms. The van der Waals surface area contributed by atoms with E-state index in [9.17, 15) is 4.79 Å². The molecule has 5 heteroatoms. The van der Waals surface area contributed by atoms with Crippen molar-refractivity contribution >= 4 is 5.97 Å². The molecule has 5 atom stereocenters. The summed E-state index contributed by atoms with van der Waals surface area (Å²) < 4.78 is 24.4. The Labute approximate surface area is 200 Å². The molecule has 2 saturated heterocycles. The second-order valence-electron chi connectivity index (χ2n) is 8.86. The molecule has 2 heterocycles. The highest BCUT2D eigenvalue weighted by Gasteiger charge is 2.57. The molecule has 34 heavy (non-hydrogen) atoms. The number of carbonyl (C=O) groups is 1. The number of fused-ring (bicyclic) bond motifs is 1. The second kappa shape index (κ2) is 9.71. The van der Waals surface area contributed by atoms with E-state index < -0.39 is 18.0 Å². The number of hydrogen-bond donors (Lipinski definition) is 0. The van der Waals surface area contributed by atoms with Gasteiger partial charge in [0, 0.05) is 13.0 Å². The van der Waals surface area contributed by atoms with Gasteiger partial charge in [-0.1, -0.05) is 97.9 Å². The van der Waals surface area contributed by atoms with Gasteiger partial charge in [-0.05, 0) is 23.1 Å². The molecule has 0 spiro atoms. The Morgan fingerprint density at radius 1 is 0.824 bits per heavy atom. The topological polar surface area (TPSA) is 54.0 Å². The SMILES string of the molecule is CC[C@@H]1C(=O)O[C@H]2[C@H](OC)O[C@H](COC(c3ccccc3)(c3ccccc3)c3ccccc3)[C@H]21. The summed E-state index contributed by atoms with van der Waals surface area (Å²) in [6.45, 7) is 2.29. The zero-order valence-corrected chi connectivity index (χ0v) is 19.5. The number of ether oxygens (including phenoxy) is 4. The number of hydrogen-bond acceptors (Lipinski definition) is 5. The summed E-state index contributed by atoms with van der Waals surface area (Å²) in [6.07, 6.45) is -0.631. The molecule has 0 N–H and O–H groups in total. The Hall–Kier alpha value is -2.99. The molecule has 0 aromatic heterocycles. The van der Waals surface area contributed by atoms with Gasteiger partial charge < -0.3 is 18.9 Å². The number of benzene rings is 3. The summed E-state index contributed by atoms with van der Waals surface area (Å²) in [5.74, 6) is -0.505. The van der Waals surface area contributed by atoms with E-state index in [1.807, 2.05) is 61.5 Å². The summed E-state index contributed by atoms with van der Waals surface area (Å²) in [5, 5.41) is 0. The van der Waals surface area contributed by atoms with Crippen molar-refractivity contribution in [2.45, 2.75) is 37.4 Å². The molecule has 0 unspecified atom stereocenters. The molecule has 2 aliphatic rings. The van der Waals surface area contributed by atoms with Crippen LogP contribution in [0.1, 0.15) is 30.0 Å². The fourth-order valence-electron chi connectivity index (χ4n) is 5.49. The van der Waals surface area contributed by atoms with Gasteiger partial charge >= 0.3 is 5.97 Å². The van der Waals surface area contributed by atoms with Crippen molar-refractivity contribution in [3.8, 4) is 0 Å². The molecule has 3 aromatic rings. The van der Waals surface area contributed by atoms with Crippen molar-refractivity contribution in [1.82, 2.24) is 0 Å². The molecule has 3 aromatic carbocycles. The summed E-state index contributed by atoms with van der Waals surface area (Å²) >= 11 is 0. The zero-order chi connectivity index (χ0) is 23.5. The van der Waals surface area contributed by atoms with Crippen LogP contribution in [0.5, 0.6) is 0 Å². The maximum Gasteiger partial charge on any atom is 0.309 e. The van der Waals surface area contributed by atoms with Crippen LogP contribution < -0.4 is 0 Å². The highest BCUT2D eigenvalue weighted by molar-refractivity contribution is 5.75. The molecule has 0 amide bonds. The standard InChI is InChI=1S/C29H30O5/c1-3-23-25-24(33-28(31-2)26(25)34-27(23)30)19-32-29(20-13-7-4-8-14-20,21-15-9-5-10-16-21)22-17-11-6-12-18-22/h4-18,23-26,28H,3,19H2,1-2H3/t23-,24+,25+,26+,28+/m0/s1. The number of methoxy groups -OCH3 is 1. The first kappa shape index (κ1) is 22.8. The lowest BCUT2D eigenvalue weighted by Gasteiger charge is -2.37. The fraction of sp³-hybridized carbons (Fsp3) is 0.345. The van der Waals surface area contributed by atoms with E-state index in [0.29, 0.717) is 6.42 Å². The highest BCUT2D eigenvalue weighted by Crippen LogP contribution is 2.45. The smallest absolute Gasteiger partial charge is 0.309 e. The largest absolute Gasteiger partial charge is 0.456 e. The third kappa shape index (κ3) is 3.84. The van der Waals surface area contributed by atoms with Crippen LogP contribution in [-0.2, 0) is 29.3 Å². The Kier molecular flexibility index (Phi) is 6.50. The van der Waals surface area contributed by atoms with Crippen molar-refractivity contribution < 1.29 is 23.7 Å². The molecule has 0 radical (unpaired) electrons. The van der Waals surface area contributed by atoms with Gasteiger partial charge in [0.15, 0.2) is 12.4 Å². The van der Waals surface area contributed by atoms with E-state index in [2.05, 4.69) is 36.4 Å². The van der Waals surface area contributed by atoms with Crippen molar-refractivity contribution in [3.63, 3.8) is 0 Å². The Morgan fingerprint density at radius 3 is 1.76 bits per heavy atom. The summed E-state index contributed by atoms with van der Waals surface area (Å²) in [7, 11) is 1.58. The Balaban J connectivity index is 1.56. The van der Waals surface area contributed by atoms with Gasteiger partial charge in [-0.2, -0.15) is 0 Å². The summed E-state index contributed by atoms with van der Waals surface area (Å²) in [5.41, 5.74) is 2.22. The molecule has 2 fully saturated rings. The lowest BCUT2D eigenvalue weighted by molar-refractivity contribution is -0.183. The van der Waals surface area contributed by atoms with Crippen LogP contribution in [0.2, 0.25) is 0 Å². The van der Waals surface area contributed by atoms with Crippen molar-refractivity contribution in [1.29, 1.82) is 0 Å². The third-order valence-corrected chi connectivity index (χ3v) is 7.08. The predicted molar refractivity (Wildman–Crippen MR) is 128 cm³/mol. The van der Waals surface area contributed by atoms with Crippen LogP contribution in [0.15, 0.2) is 91.0 Å². The molecule has 0 aliphatic carbocycles. The van der Waals surface area contributed by atoms with Crippen LogP contribution in [-0.4, -0.2) is 38.2 Å². The number of carbonyl (C=O) groups excluding carboxylic acids is 1. The average Bonchev–Trinajstić information content (AvgIpc) is 3.41. The minimum Gasteiger partial charge on any atom is -0.456 e. The minimum atomic E-state index is -0.848. The minimum absolute atomic E-state index is 0.109. The first-order valence-corrected chi connectivity index (χ1v) is 11.9. The molecule has 5 rings (SSSR count). The van der Waals surface area contributed by atoms with Gasteiger partial charge in [0.25, 0.3) is 0 Å². The summed E-state index contributed by atoms with van der Waals surface area (Å²) in [4.78, 5) is 12.5. The first-order chi connectivity index (χ1) is 16.7. The molecular weight excluding hydrogens is 428 g/mol. The van der Waals surface area contributed by atoms with E-state index in [4.69, 9.17) is 18.9 Å². The molecule has 176 valence electrons. The van der Waals surface area contributed by atoms with Crippen LogP contribution in [0, 0.1) is 11.8 Å². The van der Waals surface area contributed by atoms with Crippen molar-refractivity contribution in [2.75, 3.05) is 13.7 Å². The van der Waals surface area contributed by atoms with Gasteiger partial charge in [-0.15, -0.1) is 0 Å². The zero-order valence-electron chi connectivity index (χ0n) is 19.5. The maximum atomic E-state index is 12.5. The van der Waals surface area contributed by atoms with E-state index in [1.165, 1.54) is 0 Å². The van der Waals surface area contributed by atoms with Crippen molar-refractivity contribution in [3.05, 3.63) is 108 Å². The summed E-state index contributed by atoms with van der Waals surface area (Å²) in [6, 6.07) is 30.7. The van der Waals surface area contributed by atoms with Crippen LogP contribution >= 0.6 is 0 Å². The van der Waals surface area contributed by atoms with Crippen LogP contribution in [0.4, 0.5) is 0 Å². The van der Waals surface area contributed by atoms with Gasteiger partial charge in [-0.25, -0.2) is 0 Å². The van der Waals surface area contributed by atoms with Crippen LogP contribution in [0.25, 0.3) is 0 Å². The Morgan fingerprint density at radius 2 is 1.32 bits per heavy atom. The monoisotopic (exact) mass is 458 g/mol. The fourth-order valence-corrected chi connectivity index (χ4v) is 5.49. The lowest BCUT2D eigenvalue weighted by atomic mass is 9.79. The highest BCUT2D eigenvalue weighted by atomic mass is 16.7. The maximum absolute atomic E-state index is 12.5. The van der Waals surface area contributed by atoms with E-state index in [-0.39, 0.29) is 30.5 Å². The quantitative estimate of drug-likeness (QED) is 0.354. The molecular formula is C29H30O5. The normalized spacial score (nSPS) is 26.3. The van der Waals surface area contributed by atoms with Gasteiger partial charge in [-0.3, -0.25) is 4.79 Å². The van der Waals surface area contributed by atoms with Crippen molar-refractivity contribution in [2.24, 2.45) is 11.8 Å². The average molecular weight is 459 g/mol. The van der Waals surface area contributed by atoms with E-state index in [1.54, 1.807) is 7.11 Å². The molecule has 0 saturated carbocycles. The number of esters is 1. The second-order valence-corrected chi connectivity index (χ2v) is 8.86. The molecule has 5 nitrogen and oxygen atoms in total. The van der Waals surface area contributed by atoms with Gasteiger partial charge in [0.2, 0.25) is 0 Å². The third-order valence-electron chi connectivity index (χ3n) is 7.08. The Bertz CT molecular complexity index is 989. The first-order valence-electron chi connectivity index (χ1n) is 11.9. The van der Waals surface area contributed by atoms with E-state index >= 15 is 0 Å². The predicted octanol–water partition coefficient (Wildman–Crippen LogP) is 4.93. The van der Waals surface area contributed by atoms with Gasteiger partial charge in [0.1, 0.15) is 5.60 Å². The number of rotatable bonds is 8. The lowest BCUT2D eigenvalue weighted by Crippen LogP contribution is -2.38.